The molecule has 152 valence electrons. The monoisotopic (exact) mass is 414 g/mol. The van der Waals surface area contributed by atoms with Gasteiger partial charge in [-0.3, -0.25) is 4.57 Å². The molecule has 0 unspecified atom stereocenters. The quantitative estimate of drug-likeness (QED) is 0.677. The van der Waals surface area contributed by atoms with Gasteiger partial charge in [0.25, 0.3) is 0 Å². The summed E-state index contributed by atoms with van der Waals surface area (Å²) in [5.41, 5.74) is 2.13. The Kier molecular flexibility index (Phi) is 5.19. The molecule has 29 heavy (non-hydrogen) atoms. The number of fused-ring (bicyclic) bond motifs is 1. The summed E-state index contributed by atoms with van der Waals surface area (Å²) in [7, 11) is 4.03. The zero-order valence-corrected chi connectivity index (χ0v) is 17.1. The summed E-state index contributed by atoms with van der Waals surface area (Å²) in [6, 6.07) is 8.30. The van der Waals surface area contributed by atoms with Crippen LogP contribution < -0.4 is 10.2 Å². The van der Waals surface area contributed by atoms with E-state index >= 15 is 0 Å². The van der Waals surface area contributed by atoms with E-state index in [0.717, 1.165) is 16.6 Å². The number of anilines is 2. The molecule has 4 rings (SSSR count). The molecule has 1 aliphatic heterocycles. The number of nitrogens with one attached hydrogen (secondary N) is 1. The first-order valence-electron chi connectivity index (χ1n) is 9.49. The molecular formula is C20H23ClN6O2. The van der Waals surface area contributed by atoms with Crippen LogP contribution in [-0.2, 0) is 0 Å². The summed E-state index contributed by atoms with van der Waals surface area (Å²) < 4.78 is 1.96. The summed E-state index contributed by atoms with van der Waals surface area (Å²) in [6.07, 6.45) is 4.12. The molecule has 0 aliphatic carbocycles. The molecule has 1 aliphatic rings. The van der Waals surface area contributed by atoms with Crippen LogP contribution in [0.2, 0.25) is 5.02 Å². The average Bonchev–Trinajstić information content (AvgIpc) is 3.13. The molecule has 0 radical (unpaired) electrons. The van der Waals surface area contributed by atoms with Gasteiger partial charge in [-0.2, -0.15) is 4.98 Å². The number of hydrogen-bond acceptors (Lipinski definition) is 5. The highest BCUT2D eigenvalue weighted by molar-refractivity contribution is 6.32. The molecule has 1 fully saturated rings. The molecule has 3 heterocycles. The summed E-state index contributed by atoms with van der Waals surface area (Å²) >= 11 is 6.43. The average molecular weight is 415 g/mol. The largest absolute Gasteiger partial charge is 0.465 e. The highest BCUT2D eigenvalue weighted by Gasteiger charge is 2.23. The Labute approximate surface area is 173 Å². The van der Waals surface area contributed by atoms with Crippen molar-refractivity contribution in [2.24, 2.45) is 0 Å². The van der Waals surface area contributed by atoms with Gasteiger partial charge in [-0.15, -0.1) is 0 Å². The number of amides is 1. The molecule has 0 atom stereocenters. The molecular weight excluding hydrogens is 392 g/mol. The smallest absolute Gasteiger partial charge is 0.407 e. The second-order valence-electron chi connectivity index (χ2n) is 7.34. The van der Waals surface area contributed by atoms with E-state index in [1.807, 2.05) is 37.0 Å². The first-order chi connectivity index (χ1) is 13.9. The van der Waals surface area contributed by atoms with E-state index in [4.69, 9.17) is 16.7 Å². The van der Waals surface area contributed by atoms with Crippen molar-refractivity contribution in [2.45, 2.75) is 18.9 Å². The Morgan fingerprint density at radius 2 is 2.03 bits per heavy atom. The van der Waals surface area contributed by atoms with Crippen molar-refractivity contribution < 1.29 is 9.90 Å². The number of hydrogen-bond donors (Lipinski definition) is 2. The zero-order valence-electron chi connectivity index (χ0n) is 16.3. The first-order valence-corrected chi connectivity index (χ1v) is 9.86. The molecule has 0 saturated carbocycles. The van der Waals surface area contributed by atoms with Crippen molar-refractivity contribution in [1.82, 2.24) is 19.4 Å². The van der Waals surface area contributed by atoms with E-state index in [1.54, 1.807) is 6.20 Å². The van der Waals surface area contributed by atoms with E-state index in [0.29, 0.717) is 42.7 Å². The number of piperidine rings is 1. The maximum absolute atomic E-state index is 11.1. The van der Waals surface area contributed by atoms with Crippen LogP contribution in [0.4, 0.5) is 16.4 Å². The third-order valence-corrected chi connectivity index (χ3v) is 5.51. The van der Waals surface area contributed by atoms with E-state index in [2.05, 4.69) is 32.3 Å². The Morgan fingerprint density at radius 3 is 2.72 bits per heavy atom. The van der Waals surface area contributed by atoms with Gasteiger partial charge in [-0.25, -0.2) is 9.78 Å². The van der Waals surface area contributed by atoms with Crippen LogP contribution >= 0.6 is 11.6 Å². The topological polar surface area (TPSA) is 86.5 Å². The van der Waals surface area contributed by atoms with Crippen molar-refractivity contribution in [3.05, 3.63) is 41.7 Å². The second-order valence-corrected chi connectivity index (χ2v) is 7.75. The van der Waals surface area contributed by atoms with E-state index in [9.17, 15) is 4.79 Å². The van der Waals surface area contributed by atoms with Gasteiger partial charge in [0.15, 0.2) is 5.82 Å². The van der Waals surface area contributed by atoms with Crippen LogP contribution in [0.1, 0.15) is 12.8 Å². The number of benzene rings is 1. The molecule has 1 amide bonds. The van der Waals surface area contributed by atoms with Gasteiger partial charge in [0.1, 0.15) is 5.02 Å². The SMILES string of the molecule is CN(C)c1cccc2c1ccn2-c1nc(NC2CCN(C(=O)O)CC2)ncc1Cl. The van der Waals surface area contributed by atoms with E-state index in [1.165, 1.54) is 4.90 Å². The Morgan fingerprint density at radius 1 is 1.28 bits per heavy atom. The third-order valence-electron chi connectivity index (χ3n) is 5.24. The molecule has 2 aromatic heterocycles. The first kappa shape index (κ1) is 19.3. The fourth-order valence-electron chi connectivity index (χ4n) is 3.72. The predicted octanol–water partition coefficient (Wildman–Crippen LogP) is 3.69. The van der Waals surface area contributed by atoms with Gasteiger partial charge >= 0.3 is 6.09 Å². The van der Waals surface area contributed by atoms with Crippen LogP contribution in [0, 0.1) is 0 Å². The fraction of sp³-hybridized carbons (Fsp3) is 0.350. The fourth-order valence-corrected chi connectivity index (χ4v) is 3.90. The second kappa shape index (κ2) is 7.79. The van der Waals surface area contributed by atoms with Crippen molar-refractivity contribution in [3.8, 4) is 5.82 Å². The minimum atomic E-state index is -0.870. The lowest BCUT2D eigenvalue weighted by Gasteiger charge is -2.30. The summed E-state index contributed by atoms with van der Waals surface area (Å²) in [4.78, 5) is 23.5. The predicted molar refractivity (Wildman–Crippen MR) is 114 cm³/mol. The van der Waals surface area contributed by atoms with Gasteiger partial charge in [0.2, 0.25) is 5.95 Å². The van der Waals surface area contributed by atoms with E-state index < -0.39 is 6.09 Å². The number of rotatable bonds is 4. The lowest BCUT2D eigenvalue weighted by Crippen LogP contribution is -2.41. The van der Waals surface area contributed by atoms with Crippen LogP contribution in [-0.4, -0.2) is 63.9 Å². The number of aromatic nitrogens is 3. The number of halogens is 1. The van der Waals surface area contributed by atoms with Gasteiger partial charge in [0, 0.05) is 50.5 Å². The molecule has 9 heteroatoms. The summed E-state index contributed by atoms with van der Waals surface area (Å²) in [5.74, 6) is 1.10. The minimum absolute atomic E-state index is 0.126. The standard InChI is InChI=1S/C20H23ClN6O2/c1-25(2)16-4-3-5-17-14(16)8-11-27(17)18-15(21)12-22-19(24-18)23-13-6-9-26(10-7-13)20(28)29/h3-5,8,11-13H,6-7,9-10H2,1-2H3,(H,28,29)(H,22,23,24). The molecule has 0 bridgehead atoms. The van der Waals surface area contributed by atoms with Gasteiger partial charge in [-0.05, 0) is 31.0 Å². The third kappa shape index (κ3) is 3.80. The molecule has 1 aromatic carbocycles. The normalized spacial score (nSPS) is 14.9. The molecule has 8 nitrogen and oxygen atoms in total. The molecule has 0 spiro atoms. The molecule has 1 saturated heterocycles. The van der Waals surface area contributed by atoms with Crippen LogP contribution in [0.5, 0.6) is 0 Å². The molecule has 3 aromatic rings. The lowest BCUT2D eigenvalue weighted by atomic mass is 10.1. The highest BCUT2D eigenvalue weighted by atomic mass is 35.5. The van der Waals surface area contributed by atoms with Crippen LogP contribution in [0.3, 0.4) is 0 Å². The van der Waals surface area contributed by atoms with Gasteiger partial charge in [0.05, 0.1) is 11.7 Å². The van der Waals surface area contributed by atoms with Crippen molar-refractivity contribution in [2.75, 3.05) is 37.4 Å². The zero-order chi connectivity index (χ0) is 20.5. The summed E-state index contributed by atoms with van der Waals surface area (Å²) in [6.45, 7) is 1.01. The highest BCUT2D eigenvalue weighted by Crippen LogP contribution is 2.30. The number of carbonyl (C=O) groups is 1. The molecule has 2 N–H and O–H groups in total. The summed E-state index contributed by atoms with van der Waals surface area (Å²) in [5, 5.41) is 14.0. The van der Waals surface area contributed by atoms with Crippen molar-refractivity contribution in [3.63, 3.8) is 0 Å². The van der Waals surface area contributed by atoms with Crippen molar-refractivity contribution >= 4 is 40.2 Å². The minimum Gasteiger partial charge on any atom is -0.465 e. The van der Waals surface area contributed by atoms with Gasteiger partial charge < -0.3 is 20.2 Å². The van der Waals surface area contributed by atoms with Crippen LogP contribution in [0.25, 0.3) is 16.7 Å². The number of carboxylic acid groups (broad SMARTS) is 1. The maximum atomic E-state index is 11.1. The van der Waals surface area contributed by atoms with Crippen LogP contribution in [0.15, 0.2) is 36.7 Å². The van der Waals surface area contributed by atoms with E-state index in [-0.39, 0.29) is 6.04 Å². The van der Waals surface area contributed by atoms with Crippen molar-refractivity contribution in [1.29, 1.82) is 0 Å². The number of nitrogens with zero attached hydrogens (tertiary/aromatic N) is 5. The Hall–Kier alpha value is -3.00. The number of likely N-dealkylation sites (tertiary alicyclic amines) is 1. The lowest BCUT2D eigenvalue weighted by molar-refractivity contribution is 0.133. The Balaban J connectivity index is 1.61. The van der Waals surface area contributed by atoms with Gasteiger partial charge in [-0.1, -0.05) is 17.7 Å². The maximum Gasteiger partial charge on any atom is 0.407 e. The Bertz CT molecular complexity index is 1040.